The monoisotopic (exact) mass is 238 g/mol. The van der Waals surface area contributed by atoms with Gasteiger partial charge in [-0.15, -0.1) is 0 Å². The molecule has 0 fully saturated rings. The molecule has 0 saturated carbocycles. The largest absolute Gasteiger partial charge is 0.0988 e. The fraction of sp³-hybridized carbons (Fsp3) is 0.222. The fourth-order valence-corrected chi connectivity index (χ4v) is 1.75. The Balaban J connectivity index is 2.56. The lowest BCUT2D eigenvalue weighted by molar-refractivity contribution is 0.939. The second kappa shape index (κ2) is 7.50. The maximum absolute atomic E-state index is 3.94. The first-order chi connectivity index (χ1) is 8.65. The van der Waals surface area contributed by atoms with Crippen molar-refractivity contribution in [3.8, 4) is 0 Å². The van der Waals surface area contributed by atoms with Crippen molar-refractivity contribution in [2.75, 3.05) is 0 Å². The average molecular weight is 238 g/mol. The number of hydrogen-bond acceptors (Lipinski definition) is 0. The topological polar surface area (TPSA) is 0 Å². The van der Waals surface area contributed by atoms with E-state index in [9.17, 15) is 0 Å². The Bertz CT molecular complexity index is 410. The molecule has 0 unspecified atom stereocenters. The van der Waals surface area contributed by atoms with E-state index in [0.717, 1.165) is 36.8 Å². The Morgan fingerprint density at radius 2 is 1.33 bits per heavy atom. The Morgan fingerprint density at radius 3 is 1.72 bits per heavy atom. The molecule has 0 aliphatic rings. The summed E-state index contributed by atoms with van der Waals surface area (Å²) in [7, 11) is 0. The third-order valence-corrected chi connectivity index (χ3v) is 3.04. The molecule has 0 N–H and O–H groups in total. The SMILES string of the molecule is C=CC(=C)CCc1cccc(CCC(=C)C=C)c1. The van der Waals surface area contributed by atoms with Gasteiger partial charge in [-0.2, -0.15) is 0 Å². The van der Waals surface area contributed by atoms with Crippen molar-refractivity contribution in [1.82, 2.24) is 0 Å². The van der Waals surface area contributed by atoms with Gasteiger partial charge in [-0.3, -0.25) is 0 Å². The standard InChI is InChI=1S/C18H22/c1-5-15(3)10-12-17-8-7-9-18(14-17)13-11-16(4)6-2/h5-9,14H,1-4,10-13H2. The van der Waals surface area contributed by atoms with Crippen molar-refractivity contribution in [2.45, 2.75) is 25.7 Å². The van der Waals surface area contributed by atoms with E-state index in [4.69, 9.17) is 0 Å². The highest BCUT2D eigenvalue weighted by Gasteiger charge is 1.98. The summed E-state index contributed by atoms with van der Waals surface area (Å²) in [4.78, 5) is 0. The Kier molecular flexibility index (Phi) is 5.93. The molecule has 0 aliphatic heterocycles. The van der Waals surface area contributed by atoms with Crippen LogP contribution in [0.4, 0.5) is 0 Å². The summed E-state index contributed by atoms with van der Waals surface area (Å²) < 4.78 is 0. The minimum atomic E-state index is 0.978. The Morgan fingerprint density at radius 1 is 0.889 bits per heavy atom. The van der Waals surface area contributed by atoms with E-state index in [1.165, 1.54) is 11.1 Å². The van der Waals surface area contributed by atoms with Gasteiger partial charge >= 0.3 is 0 Å². The van der Waals surface area contributed by atoms with Crippen molar-refractivity contribution in [2.24, 2.45) is 0 Å². The molecular weight excluding hydrogens is 216 g/mol. The zero-order valence-corrected chi connectivity index (χ0v) is 11.1. The maximum Gasteiger partial charge on any atom is -0.0238 e. The highest BCUT2D eigenvalue weighted by atomic mass is 14.0. The molecule has 1 aromatic rings. The van der Waals surface area contributed by atoms with Crippen LogP contribution in [-0.2, 0) is 12.8 Å². The van der Waals surface area contributed by atoms with Crippen LogP contribution in [0.15, 0.2) is 73.9 Å². The number of hydrogen-bond donors (Lipinski definition) is 0. The predicted molar refractivity (Wildman–Crippen MR) is 81.8 cm³/mol. The number of rotatable bonds is 8. The first-order valence-corrected chi connectivity index (χ1v) is 6.34. The minimum absolute atomic E-state index is 0.978. The Hall–Kier alpha value is -1.82. The van der Waals surface area contributed by atoms with Crippen LogP contribution >= 0.6 is 0 Å². The molecule has 0 heterocycles. The number of aryl methyl sites for hydroxylation is 2. The van der Waals surface area contributed by atoms with Gasteiger partial charge < -0.3 is 0 Å². The smallest absolute Gasteiger partial charge is 0.0238 e. The predicted octanol–water partition coefficient (Wildman–Crippen LogP) is 5.04. The molecule has 94 valence electrons. The lowest BCUT2D eigenvalue weighted by atomic mass is 10.00. The van der Waals surface area contributed by atoms with Crippen molar-refractivity contribution < 1.29 is 0 Å². The van der Waals surface area contributed by atoms with Crippen molar-refractivity contribution in [1.29, 1.82) is 0 Å². The molecule has 18 heavy (non-hydrogen) atoms. The summed E-state index contributed by atoms with van der Waals surface area (Å²) in [5.74, 6) is 0. The summed E-state index contributed by atoms with van der Waals surface area (Å²) in [6, 6.07) is 8.73. The van der Waals surface area contributed by atoms with E-state index >= 15 is 0 Å². The van der Waals surface area contributed by atoms with Gasteiger partial charge in [0.15, 0.2) is 0 Å². The van der Waals surface area contributed by atoms with Gasteiger partial charge in [0.25, 0.3) is 0 Å². The van der Waals surface area contributed by atoms with Crippen LogP contribution in [0.5, 0.6) is 0 Å². The molecule has 0 spiro atoms. The zero-order chi connectivity index (χ0) is 13.4. The highest BCUT2D eigenvalue weighted by molar-refractivity contribution is 5.26. The molecule has 0 atom stereocenters. The molecule has 0 bridgehead atoms. The van der Waals surface area contributed by atoms with Crippen molar-refractivity contribution in [3.63, 3.8) is 0 Å². The van der Waals surface area contributed by atoms with E-state index in [1.54, 1.807) is 0 Å². The van der Waals surface area contributed by atoms with Crippen LogP contribution in [0.25, 0.3) is 0 Å². The summed E-state index contributed by atoms with van der Waals surface area (Å²) in [5.41, 5.74) is 4.92. The molecular formula is C18H22. The van der Waals surface area contributed by atoms with E-state index in [0.29, 0.717) is 0 Å². The average Bonchev–Trinajstić information content (AvgIpc) is 2.42. The third-order valence-electron chi connectivity index (χ3n) is 3.04. The van der Waals surface area contributed by atoms with E-state index in [1.807, 2.05) is 12.2 Å². The minimum Gasteiger partial charge on any atom is -0.0988 e. The first-order valence-electron chi connectivity index (χ1n) is 6.34. The summed E-state index contributed by atoms with van der Waals surface area (Å²) >= 11 is 0. The Labute approximate surface area is 111 Å². The molecule has 0 amide bonds. The second-order valence-electron chi connectivity index (χ2n) is 4.54. The number of allylic oxidation sites excluding steroid dienone is 4. The van der Waals surface area contributed by atoms with Crippen LogP contribution in [0.3, 0.4) is 0 Å². The number of benzene rings is 1. The van der Waals surface area contributed by atoms with Gasteiger partial charge in [0, 0.05) is 0 Å². The van der Waals surface area contributed by atoms with Gasteiger partial charge in [0.2, 0.25) is 0 Å². The molecule has 1 aromatic carbocycles. The summed E-state index contributed by atoms with van der Waals surface area (Å²) in [6.07, 6.45) is 7.68. The summed E-state index contributed by atoms with van der Waals surface area (Å²) in [6.45, 7) is 15.3. The molecule has 0 nitrogen and oxygen atoms in total. The van der Waals surface area contributed by atoms with E-state index < -0.39 is 0 Å². The summed E-state index contributed by atoms with van der Waals surface area (Å²) in [5, 5.41) is 0. The van der Waals surface area contributed by atoms with Crippen LogP contribution in [0.2, 0.25) is 0 Å². The van der Waals surface area contributed by atoms with Crippen LogP contribution in [0.1, 0.15) is 24.0 Å². The van der Waals surface area contributed by atoms with Crippen LogP contribution in [-0.4, -0.2) is 0 Å². The molecule has 0 aromatic heterocycles. The lowest BCUT2D eigenvalue weighted by Gasteiger charge is -2.06. The quantitative estimate of drug-likeness (QED) is 0.557. The van der Waals surface area contributed by atoms with Gasteiger partial charge in [0.05, 0.1) is 0 Å². The normalized spacial score (nSPS) is 9.78. The van der Waals surface area contributed by atoms with Crippen LogP contribution in [0, 0.1) is 0 Å². The van der Waals surface area contributed by atoms with Gasteiger partial charge in [-0.05, 0) is 36.8 Å². The molecule has 0 heteroatoms. The van der Waals surface area contributed by atoms with E-state index in [2.05, 4.69) is 50.6 Å². The molecule has 1 rings (SSSR count). The van der Waals surface area contributed by atoms with Gasteiger partial charge in [0.1, 0.15) is 0 Å². The second-order valence-corrected chi connectivity index (χ2v) is 4.54. The van der Waals surface area contributed by atoms with Crippen molar-refractivity contribution >= 4 is 0 Å². The first kappa shape index (κ1) is 14.2. The van der Waals surface area contributed by atoms with Crippen LogP contribution < -0.4 is 0 Å². The molecule has 0 saturated heterocycles. The zero-order valence-electron chi connectivity index (χ0n) is 11.1. The molecule has 0 radical (unpaired) electrons. The third kappa shape index (κ3) is 5.01. The highest BCUT2D eigenvalue weighted by Crippen LogP contribution is 2.14. The van der Waals surface area contributed by atoms with E-state index in [-0.39, 0.29) is 0 Å². The fourth-order valence-electron chi connectivity index (χ4n) is 1.75. The maximum atomic E-state index is 3.94. The molecule has 0 aliphatic carbocycles. The van der Waals surface area contributed by atoms with Gasteiger partial charge in [-0.25, -0.2) is 0 Å². The van der Waals surface area contributed by atoms with Crippen molar-refractivity contribution in [3.05, 3.63) is 85.0 Å². The van der Waals surface area contributed by atoms with Gasteiger partial charge in [-0.1, -0.05) is 73.9 Å². The lowest BCUT2D eigenvalue weighted by Crippen LogP contribution is -1.91.